The first-order valence-corrected chi connectivity index (χ1v) is 10.0. The van der Waals surface area contributed by atoms with E-state index in [2.05, 4.69) is 36.5 Å². The maximum atomic E-state index is 12.5. The third-order valence-corrected chi connectivity index (χ3v) is 4.56. The fourth-order valence-electron chi connectivity index (χ4n) is 3.11. The molecule has 0 saturated carbocycles. The van der Waals surface area contributed by atoms with E-state index < -0.39 is 12.7 Å². The second-order valence-corrected chi connectivity index (χ2v) is 7.33. The highest BCUT2D eigenvalue weighted by atomic mass is 19.4. The Labute approximate surface area is 191 Å². The number of anilines is 2. The number of hydrogen-bond acceptors (Lipinski definition) is 8. The minimum Gasteiger partial charge on any atom is -0.487 e. The van der Waals surface area contributed by atoms with Gasteiger partial charge >= 0.3 is 6.18 Å². The Morgan fingerprint density at radius 2 is 1.91 bits per heavy atom. The lowest BCUT2D eigenvalue weighted by molar-refractivity contribution is -0.142. The molecule has 0 fully saturated rings. The molecule has 4 aromatic rings. The summed E-state index contributed by atoms with van der Waals surface area (Å²) in [7, 11) is 0. The number of nitrogens with zero attached hydrogens (tertiary/aromatic N) is 8. The predicted octanol–water partition coefficient (Wildman–Crippen LogP) is 3.58. The van der Waals surface area contributed by atoms with Crippen LogP contribution >= 0.6 is 0 Å². The number of aromatic nitrogens is 7. The normalized spacial score (nSPS) is 12.2. The van der Waals surface area contributed by atoms with Crippen LogP contribution in [0.1, 0.15) is 12.5 Å². The van der Waals surface area contributed by atoms with Gasteiger partial charge in [0.25, 0.3) is 0 Å². The Bertz CT molecular complexity index is 1280. The molecule has 1 atom stereocenters. The molecule has 0 aliphatic heterocycles. The smallest absolute Gasteiger partial charge is 0.408 e. The van der Waals surface area contributed by atoms with Gasteiger partial charge in [0.1, 0.15) is 37.1 Å². The van der Waals surface area contributed by atoms with Crippen molar-refractivity contribution in [1.82, 2.24) is 34.5 Å². The number of alkyl halides is 3. The molecule has 0 aliphatic carbocycles. The summed E-state index contributed by atoms with van der Waals surface area (Å²) in [5.74, 6) is 0.605. The average Bonchev–Trinajstić information content (AvgIpc) is 3.45. The molecule has 174 valence electrons. The quantitative estimate of drug-likeness (QED) is 0.416. The Morgan fingerprint density at radius 1 is 1.12 bits per heavy atom. The zero-order valence-electron chi connectivity index (χ0n) is 17.8. The zero-order chi connectivity index (χ0) is 24.1. The molecule has 10 nitrogen and oxygen atoms in total. The highest BCUT2D eigenvalue weighted by molar-refractivity contribution is 5.66. The molecule has 34 heavy (non-hydrogen) atoms. The van der Waals surface area contributed by atoms with E-state index >= 15 is 0 Å². The number of benzene rings is 1. The largest absolute Gasteiger partial charge is 0.487 e. The van der Waals surface area contributed by atoms with Crippen LogP contribution in [0.15, 0.2) is 55.6 Å². The Morgan fingerprint density at radius 3 is 2.59 bits per heavy atom. The van der Waals surface area contributed by atoms with Crippen LogP contribution in [0.3, 0.4) is 0 Å². The van der Waals surface area contributed by atoms with E-state index in [9.17, 15) is 18.4 Å². The Hall–Kier alpha value is -4.47. The molecule has 0 unspecified atom stereocenters. The van der Waals surface area contributed by atoms with Gasteiger partial charge < -0.3 is 10.1 Å². The van der Waals surface area contributed by atoms with Gasteiger partial charge in [-0.25, -0.2) is 19.6 Å². The van der Waals surface area contributed by atoms with Crippen LogP contribution in [0.2, 0.25) is 0 Å². The molecule has 13 heteroatoms. The van der Waals surface area contributed by atoms with Crippen molar-refractivity contribution in [3.05, 3.63) is 61.2 Å². The second kappa shape index (κ2) is 9.57. The van der Waals surface area contributed by atoms with Crippen molar-refractivity contribution < 1.29 is 17.9 Å². The van der Waals surface area contributed by atoms with Crippen molar-refractivity contribution in [2.75, 3.05) is 5.32 Å². The lowest BCUT2D eigenvalue weighted by Gasteiger charge is -2.16. The molecule has 0 amide bonds. The summed E-state index contributed by atoms with van der Waals surface area (Å²) in [5.41, 5.74) is 2.10. The number of nitrogens with one attached hydrogen (secondary N) is 1. The van der Waals surface area contributed by atoms with Crippen LogP contribution in [-0.4, -0.2) is 46.8 Å². The van der Waals surface area contributed by atoms with Crippen LogP contribution in [0, 0.1) is 11.3 Å². The molecule has 0 radical (unpaired) electrons. The Kier molecular flexibility index (Phi) is 6.39. The third-order valence-electron chi connectivity index (χ3n) is 4.56. The number of halogens is 3. The lowest BCUT2D eigenvalue weighted by Crippen LogP contribution is -2.20. The SMILES string of the molecule is C[C@@H](Cn1cncn1)Oc1cc(-c2cnc(Nc3cnn(CC(F)(F)F)c3)nc2)ccc1C#N. The van der Waals surface area contributed by atoms with Crippen LogP contribution < -0.4 is 10.1 Å². The molecule has 0 aliphatic rings. The highest BCUT2D eigenvalue weighted by Gasteiger charge is 2.28. The maximum Gasteiger partial charge on any atom is 0.408 e. The minimum atomic E-state index is -4.36. The number of ether oxygens (including phenoxy) is 1. The number of rotatable bonds is 8. The average molecular weight is 469 g/mol. The molecule has 3 heterocycles. The van der Waals surface area contributed by atoms with E-state index in [1.807, 2.05) is 6.92 Å². The van der Waals surface area contributed by atoms with E-state index in [4.69, 9.17) is 4.74 Å². The van der Waals surface area contributed by atoms with Gasteiger partial charge in [0.15, 0.2) is 0 Å². The molecular weight excluding hydrogens is 451 g/mol. The first-order valence-electron chi connectivity index (χ1n) is 10.0. The zero-order valence-corrected chi connectivity index (χ0v) is 17.8. The van der Waals surface area contributed by atoms with Crippen LogP contribution in [-0.2, 0) is 13.1 Å². The molecule has 1 aromatic carbocycles. The van der Waals surface area contributed by atoms with Gasteiger partial charge in [-0.3, -0.25) is 4.68 Å². The van der Waals surface area contributed by atoms with Gasteiger partial charge in [0.05, 0.1) is 24.0 Å². The predicted molar refractivity (Wildman–Crippen MR) is 114 cm³/mol. The molecule has 0 spiro atoms. The van der Waals surface area contributed by atoms with E-state index in [1.54, 1.807) is 41.6 Å². The fraction of sp³-hybridized carbons (Fsp3) is 0.238. The molecule has 4 rings (SSSR count). The van der Waals surface area contributed by atoms with E-state index in [1.165, 1.54) is 18.7 Å². The van der Waals surface area contributed by atoms with Gasteiger partial charge in [0, 0.05) is 24.2 Å². The Balaban J connectivity index is 1.46. The standard InChI is InChI=1S/C21H18F3N9O/c1-14(9-33-13-26-12-30-33)34-19-4-15(2-3-16(19)5-25)17-6-27-20(28-7-17)31-18-8-29-32(10-18)11-21(22,23)24/h2-4,6-8,10,12-14H,9,11H2,1H3,(H,27,28,31)/t14-/m0/s1. The summed E-state index contributed by atoms with van der Waals surface area (Å²) >= 11 is 0. The van der Waals surface area contributed by atoms with E-state index in [0.29, 0.717) is 29.1 Å². The summed E-state index contributed by atoms with van der Waals surface area (Å²) in [6.07, 6.45) is 3.96. The minimum absolute atomic E-state index is 0.196. The summed E-state index contributed by atoms with van der Waals surface area (Å²) in [6, 6.07) is 7.23. The van der Waals surface area contributed by atoms with Crippen molar-refractivity contribution in [3.63, 3.8) is 0 Å². The molecule has 0 saturated heterocycles. The molecule has 1 N–H and O–H groups in total. The first-order chi connectivity index (χ1) is 16.3. The summed E-state index contributed by atoms with van der Waals surface area (Å²) in [6.45, 7) is 1.13. The molecular formula is C21H18F3N9O. The van der Waals surface area contributed by atoms with E-state index in [-0.39, 0.29) is 12.1 Å². The third kappa shape index (κ3) is 5.85. The van der Waals surface area contributed by atoms with Crippen molar-refractivity contribution in [2.45, 2.75) is 32.3 Å². The number of nitriles is 1. The van der Waals surface area contributed by atoms with Crippen molar-refractivity contribution in [1.29, 1.82) is 5.26 Å². The lowest BCUT2D eigenvalue weighted by atomic mass is 10.1. The highest BCUT2D eigenvalue weighted by Crippen LogP contribution is 2.28. The fourth-order valence-corrected chi connectivity index (χ4v) is 3.11. The second-order valence-electron chi connectivity index (χ2n) is 7.33. The van der Waals surface area contributed by atoms with Gasteiger partial charge in [-0.05, 0) is 24.6 Å². The molecule has 3 aromatic heterocycles. The maximum absolute atomic E-state index is 12.5. The van der Waals surface area contributed by atoms with Crippen molar-refractivity contribution >= 4 is 11.6 Å². The van der Waals surface area contributed by atoms with Crippen molar-refractivity contribution in [2.24, 2.45) is 0 Å². The summed E-state index contributed by atoms with van der Waals surface area (Å²) < 4.78 is 45.8. The monoisotopic (exact) mass is 469 g/mol. The van der Waals surface area contributed by atoms with Crippen molar-refractivity contribution in [3.8, 4) is 22.9 Å². The summed E-state index contributed by atoms with van der Waals surface area (Å²) in [5, 5.41) is 20.0. The van der Waals surface area contributed by atoms with Gasteiger partial charge in [-0.1, -0.05) is 6.07 Å². The number of hydrogen-bond donors (Lipinski definition) is 1. The van der Waals surface area contributed by atoms with Gasteiger partial charge in [-0.15, -0.1) is 0 Å². The van der Waals surface area contributed by atoms with Crippen LogP contribution in [0.4, 0.5) is 24.8 Å². The summed E-state index contributed by atoms with van der Waals surface area (Å²) in [4.78, 5) is 12.3. The van der Waals surface area contributed by atoms with Gasteiger partial charge in [-0.2, -0.15) is 28.6 Å². The van der Waals surface area contributed by atoms with E-state index in [0.717, 1.165) is 10.2 Å². The van der Waals surface area contributed by atoms with Crippen LogP contribution in [0.25, 0.3) is 11.1 Å². The topological polar surface area (TPSA) is 119 Å². The molecule has 0 bridgehead atoms. The van der Waals surface area contributed by atoms with Gasteiger partial charge in [0.2, 0.25) is 5.95 Å². The first kappa shape index (κ1) is 22.7. The van der Waals surface area contributed by atoms with Crippen LogP contribution in [0.5, 0.6) is 5.75 Å².